The molecule has 0 saturated carbocycles. The van der Waals surface area contributed by atoms with Crippen LogP contribution in [0.25, 0.3) is 0 Å². The summed E-state index contributed by atoms with van der Waals surface area (Å²) < 4.78 is 0. The van der Waals surface area contributed by atoms with Crippen LogP contribution < -0.4 is 5.32 Å². The number of rotatable bonds is 2. The molecule has 0 spiro atoms. The number of phenolic OH excluding ortho intramolecular Hbond substituents is 1. The third-order valence-electron chi connectivity index (χ3n) is 2.81. The molecule has 3 nitrogen and oxygen atoms in total. The van der Waals surface area contributed by atoms with E-state index in [2.05, 4.69) is 5.32 Å². The van der Waals surface area contributed by atoms with Crippen LogP contribution in [0.2, 0.25) is 0 Å². The average Bonchev–Trinajstić information content (AvgIpc) is 2.76. The van der Waals surface area contributed by atoms with Crippen molar-refractivity contribution in [2.45, 2.75) is 4.90 Å². The molecule has 3 rings (SSSR count). The second-order valence-electron chi connectivity index (χ2n) is 4.13. The Labute approximate surface area is 115 Å². The number of aromatic hydroxyl groups is 1. The van der Waals surface area contributed by atoms with Crippen molar-refractivity contribution in [1.82, 2.24) is 0 Å². The Bertz CT molecular complexity index is 662. The zero-order valence-electron chi connectivity index (χ0n) is 9.96. The highest BCUT2D eigenvalue weighted by atomic mass is 32.2. The van der Waals surface area contributed by atoms with E-state index in [1.54, 1.807) is 30.5 Å². The van der Waals surface area contributed by atoms with Crippen LogP contribution in [0.4, 0.5) is 5.69 Å². The maximum atomic E-state index is 12.1. The van der Waals surface area contributed by atoms with Crippen LogP contribution in [-0.2, 0) is 0 Å². The summed E-state index contributed by atoms with van der Waals surface area (Å²) in [5.41, 5.74) is 1.58. The van der Waals surface area contributed by atoms with Crippen molar-refractivity contribution in [2.24, 2.45) is 0 Å². The molecule has 94 valence electrons. The van der Waals surface area contributed by atoms with Gasteiger partial charge in [0.25, 0.3) is 0 Å². The highest BCUT2D eigenvalue weighted by Crippen LogP contribution is 2.39. The van der Waals surface area contributed by atoms with Gasteiger partial charge in [-0.1, -0.05) is 23.9 Å². The minimum atomic E-state index is 0.0480. The molecule has 2 aromatic rings. The molecule has 4 heteroatoms. The molecule has 0 radical (unpaired) electrons. The van der Waals surface area contributed by atoms with Gasteiger partial charge in [0.15, 0.2) is 0 Å². The van der Waals surface area contributed by atoms with Crippen molar-refractivity contribution in [3.05, 3.63) is 65.2 Å². The van der Waals surface area contributed by atoms with Gasteiger partial charge >= 0.3 is 0 Å². The third kappa shape index (κ3) is 2.35. The summed E-state index contributed by atoms with van der Waals surface area (Å²) in [5, 5.41) is 12.3. The smallest absolute Gasteiger partial charge is 0.202 e. The van der Waals surface area contributed by atoms with Crippen LogP contribution in [0, 0.1) is 0 Å². The number of thioether (sulfide) groups is 1. The number of ketones is 1. The summed E-state index contributed by atoms with van der Waals surface area (Å²) >= 11 is 1.47. The summed E-state index contributed by atoms with van der Waals surface area (Å²) in [4.78, 5) is 13.8. The number of benzene rings is 2. The van der Waals surface area contributed by atoms with Gasteiger partial charge < -0.3 is 10.4 Å². The summed E-state index contributed by atoms with van der Waals surface area (Å²) in [6, 6.07) is 14.3. The molecule has 0 atom stereocenters. The Kier molecular flexibility index (Phi) is 3.01. The molecule has 19 heavy (non-hydrogen) atoms. The summed E-state index contributed by atoms with van der Waals surface area (Å²) in [7, 11) is 0. The molecule has 0 saturated heterocycles. The molecular weight excluding hydrogens is 258 g/mol. The zero-order chi connectivity index (χ0) is 13.2. The largest absolute Gasteiger partial charge is 0.508 e. The number of Topliss-reactive ketones (excluding diaryl/α,β-unsaturated/α-hetero) is 1. The van der Waals surface area contributed by atoms with Crippen LogP contribution in [-0.4, -0.2) is 10.9 Å². The van der Waals surface area contributed by atoms with Gasteiger partial charge in [-0.25, -0.2) is 0 Å². The molecule has 1 aliphatic heterocycles. The number of allylic oxidation sites excluding steroid dienone is 1. The van der Waals surface area contributed by atoms with Crippen LogP contribution in [0.15, 0.2) is 64.5 Å². The first kappa shape index (κ1) is 11.9. The van der Waals surface area contributed by atoms with Crippen molar-refractivity contribution >= 4 is 23.2 Å². The lowest BCUT2D eigenvalue weighted by molar-refractivity contribution is 0.104. The molecule has 2 aromatic carbocycles. The van der Waals surface area contributed by atoms with Crippen molar-refractivity contribution in [3.8, 4) is 5.75 Å². The zero-order valence-corrected chi connectivity index (χ0v) is 10.8. The molecular formula is C15H11NO2S. The summed E-state index contributed by atoms with van der Waals surface area (Å²) in [6.45, 7) is 0. The second kappa shape index (κ2) is 4.82. The average molecular weight is 269 g/mol. The van der Waals surface area contributed by atoms with E-state index >= 15 is 0 Å². The minimum absolute atomic E-state index is 0.0480. The molecule has 0 fully saturated rings. The van der Waals surface area contributed by atoms with E-state index in [1.807, 2.05) is 24.3 Å². The molecule has 0 amide bonds. The topological polar surface area (TPSA) is 49.3 Å². The number of fused-ring (bicyclic) bond motifs is 1. The molecule has 0 aromatic heterocycles. The SMILES string of the molecule is O=C1/C(=C/Nc2ccc(O)cc2)Sc2ccccc21. The van der Waals surface area contributed by atoms with Crippen molar-refractivity contribution < 1.29 is 9.90 Å². The molecule has 2 N–H and O–H groups in total. The van der Waals surface area contributed by atoms with Gasteiger partial charge in [-0.3, -0.25) is 4.79 Å². The fourth-order valence-corrected chi connectivity index (χ4v) is 2.82. The Hall–Kier alpha value is -2.20. The van der Waals surface area contributed by atoms with Gasteiger partial charge in [-0.2, -0.15) is 0 Å². The van der Waals surface area contributed by atoms with E-state index in [9.17, 15) is 9.90 Å². The molecule has 0 bridgehead atoms. The lowest BCUT2D eigenvalue weighted by Crippen LogP contribution is -1.97. The van der Waals surface area contributed by atoms with Crippen molar-refractivity contribution in [3.63, 3.8) is 0 Å². The minimum Gasteiger partial charge on any atom is -0.508 e. The lowest BCUT2D eigenvalue weighted by atomic mass is 10.1. The molecule has 0 aliphatic carbocycles. The van der Waals surface area contributed by atoms with E-state index in [0.29, 0.717) is 4.91 Å². The number of anilines is 1. The van der Waals surface area contributed by atoms with E-state index < -0.39 is 0 Å². The predicted octanol–water partition coefficient (Wildman–Crippen LogP) is 3.63. The maximum Gasteiger partial charge on any atom is 0.202 e. The molecule has 0 unspecified atom stereocenters. The second-order valence-corrected chi connectivity index (χ2v) is 5.21. The van der Waals surface area contributed by atoms with Gasteiger partial charge in [0.2, 0.25) is 5.78 Å². The van der Waals surface area contributed by atoms with Crippen LogP contribution in [0.1, 0.15) is 10.4 Å². The van der Waals surface area contributed by atoms with Crippen LogP contribution in [0.3, 0.4) is 0 Å². The number of nitrogens with one attached hydrogen (secondary N) is 1. The third-order valence-corrected chi connectivity index (χ3v) is 3.91. The number of phenols is 1. The van der Waals surface area contributed by atoms with Gasteiger partial charge in [0.1, 0.15) is 5.75 Å². The normalized spacial score (nSPS) is 15.6. The quantitative estimate of drug-likeness (QED) is 0.645. The van der Waals surface area contributed by atoms with E-state index in [4.69, 9.17) is 0 Å². The Morgan fingerprint density at radius 1 is 1.05 bits per heavy atom. The lowest BCUT2D eigenvalue weighted by Gasteiger charge is -2.01. The first-order chi connectivity index (χ1) is 9.24. The first-order valence-electron chi connectivity index (χ1n) is 5.81. The van der Waals surface area contributed by atoms with Gasteiger partial charge in [-0.15, -0.1) is 0 Å². The Balaban J connectivity index is 1.80. The number of hydrogen-bond acceptors (Lipinski definition) is 4. The van der Waals surface area contributed by atoms with Crippen molar-refractivity contribution in [1.29, 1.82) is 0 Å². The fourth-order valence-electron chi connectivity index (χ4n) is 1.84. The number of hydrogen-bond donors (Lipinski definition) is 2. The van der Waals surface area contributed by atoms with Crippen LogP contribution >= 0.6 is 11.8 Å². The number of carbonyl (C=O) groups is 1. The monoisotopic (exact) mass is 269 g/mol. The Morgan fingerprint density at radius 3 is 2.53 bits per heavy atom. The standard InChI is InChI=1S/C15H11NO2S/c17-11-7-5-10(6-8-11)16-9-14-15(18)12-3-1-2-4-13(12)19-14/h1-9,16-17H/b14-9-. The van der Waals surface area contributed by atoms with Crippen molar-refractivity contribution in [2.75, 3.05) is 5.32 Å². The van der Waals surface area contributed by atoms with Gasteiger partial charge in [-0.05, 0) is 36.4 Å². The number of carbonyl (C=O) groups excluding carboxylic acids is 1. The van der Waals surface area contributed by atoms with E-state index in [-0.39, 0.29) is 11.5 Å². The maximum absolute atomic E-state index is 12.1. The van der Waals surface area contributed by atoms with Gasteiger partial charge in [0.05, 0.1) is 4.91 Å². The summed E-state index contributed by atoms with van der Waals surface area (Å²) in [5.74, 6) is 0.267. The van der Waals surface area contributed by atoms with E-state index in [0.717, 1.165) is 16.1 Å². The highest BCUT2D eigenvalue weighted by molar-refractivity contribution is 8.04. The Morgan fingerprint density at radius 2 is 1.79 bits per heavy atom. The molecule has 1 aliphatic rings. The van der Waals surface area contributed by atoms with Crippen LogP contribution in [0.5, 0.6) is 5.75 Å². The predicted molar refractivity (Wildman–Crippen MR) is 76.4 cm³/mol. The van der Waals surface area contributed by atoms with Gasteiger partial charge in [0, 0.05) is 22.3 Å². The highest BCUT2D eigenvalue weighted by Gasteiger charge is 2.24. The summed E-state index contributed by atoms with van der Waals surface area (Å²) in [6.07, 6.45) is 1.71. The first-order valence-corrected chi connectivity index (χ1v) is 6.63. The fraction of sp³-hybridized carbons (Fsp3) is 0. The molecule has 1 heterocycles. The van der Waals surface area contributed by atoms with E-state index in [1.165, 1.54) is 11.8 Å².